The highest BCUT2D eigenvalue weighted by Gasteiger charge is 2.15. The monoisotopic (exact) mass is 327 g/mol. The summed E-state index contributed by atoms with van der Waals surface area (Å²) in [4.78, 5) is 1.30. The van der Waals surface area contributed by atoms with Crippen molar-refractivity contribution in [3.63, 3.8) is 0 Å². The molecule has 108 valence electrons. The molecular formula is C16H19Cl2NS. The van der Waals surface area contributed by atoms with Crippen molar-refractivity contribution in [3.8, 4) is 0 Å². The van der Waals surface area contributed by atoms with Crippen LogP contribution >= 0.6 is 34.5 Å². The van der Waals surface area contributed by atoms with Crippen LogP contribution in [0.2, 0.25) is 9.36 Å². The number of aryl methyl sites for hydroxylation is 1. The minimum Gasteiger partial charge on any atom is -0.309 e. The average molecular weight is 328 g/mol. The summed E-state index contributed by atoms with van der Waals surface area (Å²) in [6.07, 6.45) is 2.07. The van der Waals surface area contributed by atoms with Gasteiger partial charge in [-0.15, -0.1) is 11.3 Å². The second-order valence-electron chi connectivity index (χ2n) is 4.94. The van der Waals surface area contributed by atoms with Gasteiger partial charge in [0.2, 0.25) is 0 Å². The predicted molar refractivity (Wildman–Crippen MR) is 90.3 cm³/mol. The van der Waals surface area contributed by atoms with Crippen LogP contribution in [0.25, 0.3) is 0 Å². The lowest BCUT2D eigenvalue weighted by Gasteiger charge is -2.17. The second kappa shape index (κ2) is 7.46. The first-order chi connectivity index (χ1) is 9.60. The Morgan fingerprint density at radius 1 is 1.20 bits per heavy atom. The Morgan fingerprint density at radius 3 is 2.45 bits per heavy atom. The normalized spacial score (nSPS) is 12.6. The SMILES string of the molecule is CCCNC(Cc1ccc(Cl)cc1)c1cc(C)c(Cl)s1. The van der Waals surface area contributed by atoms with E-state index in [1.807, 2.05) is 12.1 Å². The Kier molecular flexibility index (Phi) is 5.91. The van der Waals surface area contributed by atoms with Gasteiger partial charge in [-0.1, -0.05) is 42.3 Å². The molecule has 0 saturated heterocycles. The van der Waals surface area contributed by atoms with Crippen LogP contribution in [0, 0.1) is 6.92 Å². The Hall–Kier alpha value is -0.540. The van der Waals surface area contributed by atoms with E-state index in [1.54, 1.807) is 11.3 Å². The molecule has 0 spiro atoms. The van der Waals surface area contributed by atoms with Gasteiger partial charge >= 0.3 is 0 Å². The molecule has 1 heterocycles. The zero-order chi connectivity index (χ0) is 14.5. The highest BCUT2D eigenvalue weighted by atomic mass is 35.5. The molecule has 1 N–H and O–H groups in total. The summed E-state index contributed by atoms with van der Waals surface area (Å²) in [6, 6.07) is 10.6. The number of thiophene rings is 1. The van der Waals surface area contributed by atoms with E-state index in [0.29, 0.717) is 6.04 Å². The molecule has 1 aromatic carbocycles. The largest absolute Gasteiger partial charge is 0.309 e. The molecule has 2 aromatic rings. The summed E-state index contributed by atoms with van der Waals surface area (Å²) in [5.41, 5.74) is 2.44. The molecule has 4 heteroatoms. The quantitative estimate of drug-likeness (QED) is 0.723. The van der Waals surface area contributed by atoms with Gasteiger partial charge in [0, 0.05) is 15.9 Å². The van der Waals surface area contributed by atoms with E-state index in [-0.39, 0.29) is 0 Å². The van der Waals surface area contributed by atoms with Gasteiger partial charge in [-0.3, -0.25) is 0 Å². The molecule has 0 aliphatic carbocycles. The third kappa shape index (κ3) is 4.23. The summed E-state index contributed by atoms with van der Waals surface area (Å²) in [5.74, 6) is 0. The first-order valence-corrected chi connectivity index (χ1v) is 8.41. The summed E-state index contributed by atoms with van der Waals surface area (Å²) in [7, 11) is 0. The smallest absolute Gasteiger partial charge is 0.0960 e. The molecule has 0 aliphatic heterocycles. The van der Waals surface area contributed by atoms with Crippen LogP contribution in [0.15, 0.2) is 30.3 Å². The third-order valence-electron chi connectivity index (χ3n) is 3.21. The van der Waals surface area contributed by atoms with E-state index in [9.17, 15) is 0 Å². The minimum atomic E-state index is 0.312. The van der Waals surface area contributed by atoms with Crippen molar-refractivity contribution >= 4 is 34.5 Å². The Morgan fingerprint density at radius 2 is 1.90 bits per heavy atom. The minimum absolute atomic E-state index is 0.312. The molecule has 1 unspecified atom stereocenters. The maximum Gasteiger partial charge on any atom is 0.0960 e. The first-order valence-electron chi connectivity index (χ1n) is 6.83. The van der Waals surface area contributed by atoms with E-state index < -0.39 is 0 Å². The van der Waals surface area contributed by atoms with Gasteiger partial charge < -0.3 is 5.32 Å². The molecule has 1 atom stereocenters. The van der Waals surface area contributed by atoms with Crippen LogP contribution in [0.5, 0.6) is 0 Å². The number of benzene rings is 1. The lowest BCUT2D eigenvalue weighted by atomic mass is 10.0. The number of rotatable bonds is 6. The maximum absolute atomic E-state index is 6.20. The lowest BCUT2D eigenvalue weighted by molar-refractivity contribution is 0.536. The van der Waals surface area contributed by atoms with Crippen molar-refractivity contribution in [2.24, 2.45) is 0 Å². The fourth-order valence-corrected chi connectivity index (χ4v) is 3.52. The van der Waals surface area contributed by atoms with Crippen molar-refractivity contribution in [3.05, 3.63) is 55.7 Å². The van der Waals surface area contributed by atoms with Crippen molar-refractivity contribution in [2.75, 3.05) is 6.54 Å². The van der Waals surface area contributed by atoms with E-state index >= 15 is 0 Å². The van der Waals surface area contributed by atoms with E-state index in [1.165, 1.54) is 10.4 Å². The molecule has 1 aromatic heterocycles. The van der Waals surface area contributed by atoms with Crippen LogP contribution in [0.1, 0.15) is 35.4 Å². The molecule has 0 amide bonds. The zero-order valence-corrected chi connectivity index (χ0v) is 14.1. The molecule has 2 rings (SSSR count). The maximum atomic E-state index is 6.20. The predicted octanol–water partition coefficient (Wildman–Crippen LogP) is 5.65. The molecule has 0 bridgehead atoms. The van der Waals surface area contributed by atoms with Crippen molar-refractivity contribution < 1.29 is 0 Å². The standard InChI is InChI=1S/C16H19Cl2NS/c1-3-8-19-14(15-9-11(2)16(18)20-15)10-12-4-6-13(17)7-5-12/h4-7,9,14,19H,3,8,10H2,1-2H3. The lowest BCUT2D eigenvalue weighted by Crippen LogP contribution is -2.23. The van der Waals surface area contributed by atoms with Gasteiger partial charge in [0.25, 0.3) is 0 Å². The average Bonchev–Trinajstić information content (AvgIpc) is 2.77. The van der Waals surface area contributed by atoms with Crippen molar-refractivity contribution in [1.29, 1.82) is 0 Å². The topological polar surface area (TPSA) is 12.0 Å². The van der Waals surface area contributed by atoms with Crippen LogP contribution in [-0.4, -0.2) is 6.54 Å². The Bertz CT molecular complexity index is 529. The number of hydrogen-bond acceptors (Lipinski definition) is 2. The highest BCUT2D eigenvalue weighted by Crippen LogP contribution is 2.32. The molecular weight excluding hydrogens is 309 g/mol. The van der Waals surface area contributed by atoms with Gasteiger partial charge in [0.1, 0.15) is 0 Å². The summed E-state index contributed by atoms with van der Waals surface area (Å²) < 4.78 is 0.888. The van der Waals surface area contributed by atoms with Gasteiger partial charge in [-0.2, -0.15) is 0 Å². The molecule has 0 fully saturated rings. The van der Waals surface area contributed by atoms with E-state index in [0.717, 1.165) is 34.3 Å². The van der Waals surface area contributed by atoms with Gasteiger partial charge in [-0.25, -0.2) is 0 Å². The van der Waals surface area contributed by atoms with Crippen LogP contribution < -0.4 is 5.32 Å². The summed E-state index contributed by atoms with van der Waals surface area (Å²) >= 11 is 13.8. The fraction of sp³-hybridized carbons (Fsp3) is 0.375. The van der Waals surface area contributed by atoms with E-state index in [4.69, 9.17) is 23.2 Å². The number of halogens is 2. The number of nitrogens with one attached hydrogen (secondary N) is 1. The third-order valence-corrected chi connectivity index (χ3v) is 5.13. The fourth-order valence-electron chi connectivity index (χ4n) is 2.10. The first kappa shape index (κ1) is 15.8. The Labute approximate surface area is 134 Å². The highest BCUT2D eigenvalue weighted by molar-refractivity contribution is 7.16. The van der Waals surface area contributed by atoms with Crippen LogP contribution in [0.3, 0.4) is 0 Å². The van der Waals surface area contributed by atoms with Crippen LogP contribution in [0.4, 0.5) is 0 Å². The van der Waals surface area contributed by atoms with Gasteiger partial charge in [0.05, 0.1) is 4.34 Å². The molecule has 1 nitrogen and oxygen atoms in total. The van der Waals surface area contributed by atoms with Crippen molar-refractivity contribution in [2.45, 2.75) is 32.7 Å². The van der Waals surface area contributed by atoms with E-state index in [2.05, 4.69) is 37.4 Å². The molecule has 20 heavy (non-hydrogen) atoms. The Balaban J connectivity index is 2.16. The summed E-state index contributed by atoms with van der Waals surface area (Å²) in [5, 5.41) is 4.39. The molecule has 0 radical (unpaired) electrons. The van der Waals surface area contributed by atoms with Crippen LogP contribution in [-0.2, 0) is 6.42 Å². The molecule has 0 aliphatic rings. The van der Waals surface area contributed by atoms with Gasteiger partial charge in [-0.05, 0) is 55.6 Å². The second-order valence-corrected chi connectivity index (χ2v) is 7.07. The van der Waals surface area contributed by atoms with Gasteiger partial charge in [0.15, 0.2) is 0 Å². The number of hydrogen-bond donors (Lipinski definition) is 1. The molecule has 0 saturated carbocycles. The summed E-state index contributed by atoms with van der Waals surface area (Å²) in [6.45, 7) is 5.24. The zero-order valence-electron chi connectivity index (χ0n) is 11.7. The van der Waals surface area contributed by atoms with Crippen molar-refractivity contribution in [1.82, 2.24) is 5.32 Å².